The molecule has 0 radical (unpaired) electrons. The van der Waals surface area contributed by atoms with Gasteiger partial charge in [0.15, 0.2) is 5.82 Å². The van der Waals surface area contributed by atoms with Gasteiger partial charge in [0, 0.05) is 36.3 Å². The molecule has 2 heterocycles. The summed E-state index contributed by atoms with van der Waals surface area (Å²) in [7, 11) is 0. The van der Waals surface area contributed by atoms with Crippen LogP contribution in [0.15, 0.2) is 59.4 Å². The van der Waals surface area contributed by atoms with Crippen molar-refractivity contribution in [3.8, 4) is 11.5 Å². The fourth-order valence-corrected chi connectivity index (χ4v) is 3.94. The van der Waals surface area contributed by atoms with Gasteiger partial charge in [0.1, 0.15) is 0 Å². The van der Waals surface area contributed by atoms with Gasteiger partial charge in [0.05, 0.1) is 5.56 Å². The maximum absolute atomic E-state index is 5.52. The van der Waals surface area contributed by atoms with Crippen molar-refractivity contribution in [2.75, 3.05) is 6.54 Å². The van der Waals surface area contributed by atoms with Crippen molar-refractivity contribution in [1.29, 1.82) is 0 Å². The van der Waals surface area contributed by atoms with E-state index < -0.39 is 0 Å². The van der Waals surface area contributed by atoms with Gasteiger partial charge >= 0.3 is 0 Å². The predicted molar refractivity (Wildman–Crippen MR) is 98.6 cm³/mol. The summed E-state index contributed by atoms with van der Waals surface area (Å²) in [5, 5.41) is 8.07. The van der Waals surface area contributed by atoms with Gasteiger partial charge in [0.25, 0.3) is 5.89 Å². The first kappa shape index (κ1) is 15.7. The van der Waals surface area contributed by atoms with Crippen molar-refractivity contribution in [2.24, 2.45) is 0 Å². The van der Waals surface area contributed by atoms with E-state index in [4.69, 9.17) is 9.51 Å². The standard InChI is InChI=1S/C21H22N4O/c1-2-6-15(7-3-1)17-12-18(17)23-14-21(9-5-10-21)20-24-19(26-25-20)16-8-4-11-22-13-16/h1-4,6-8,11,13,17-18,23H,5,9-10,12,14H2. The van der Waals surface area contributed by atoms with E-state index in [1.807, 2.05) is 12.1 Å². The number of benzene rings is 1. The number of aromatic nitrogens is 3. The summed E-state index contributed by atoms with van der Waals surface area (Å²) < 4.78 is 5.52. The van der Waals surface area contributed by atoms with Crippen LogP contribution in [0.4, 0.5) is 0 Å². The first-order valence-corrected chi connectivity index (χ1v) is 9.37. The smallest absolute Gasteiger partial charge is 0.259 e. The van der Waals surface area contributed by atoms with Gasteiger partial charge in [-0.05, 0) is 37.0 Å². The Labute approximate surface area is 152 Å². The Hall–Kier alpha value is -2.53. The second-order valence-electron chi connectivity index (χ2n) is 7.54. The van der Waals surface area contributed by atoms with Crippen LogP contribution in [0, 0.1) is 0 Å². The van der Waals surface area contributed by atoms with Crippen LogP contribution in [0.3, 0.4) is 0 Å². The van der Waals surface area contributed by atoms with Crippen LogP contribution in [0.5, 0.6) is 0 Å². The highest BCUT2D eigenvalue weighted by atomic mass is 16.5. The molecule has 5 heteroatoms. The highest BCUT2D eigenvalue weighted by molar-refractivity contribution is 5.50. The lowest BCUT2D eigenvalue weighted by Gasteiger charge is -2.39. The summed E-state index contributed by atoms with van der Waals surface area (Å²) in [6, 6.07) is 15.2. The topological polar surface area (TPSA) is 63.8 Å². The maximum Gasteiger partial charge on any atom is 0.259 e. The minimum atomic E-state index is 0.0216. The Balaban J connectivity index is 1.27. The van der Waals surface area contributed by atoms with Gasteiger partial charge in [-0.25, -0.2) is 0 Å². The Bertz CT molecular complexity index is 873. The quantitative estimate of drug-likeness (QED) is 0.737. The molecule has 1 N–H and O–H groups in total. The normalized spacial score (nSPS) is 23.4. The molecule has 0 bridgehead atoms. The summed E-state index contributed by atoms with van der Waals surface area (Å²) in [5.41, 5.74) is 2.33. The van der Waals surface area contributed by atoms with Crippen molar-refractivity contribution < 1.29 is 4.52 Å². The fraction of sp³-hybridized carbons (Fsp3) is 0.381. The molecule has 132 valence electrons. The van der Waals surface area contributed by atoms with E-state index in [1.54, 1.807) is 12.4 Å². The van der Waals surface area contributed by atoms with Crippen molar-refractivity contribution >= 4 is 0 Å². The molecular formula is C21H22N4O. The molecule has 0 amide bonds. The van der Waals surface area contributed by atoms with Crippen molar-refractivity contribution in [2.45, 2.75) is 43.1 Å². The van der Waals surface area contributed by atoms with Gasteiger partial charge < -0.3 is 9.84 Å². The fourth-order valence-electron chi connectivity index (χ4n) is 3.94. The zero-order valence-corrected chi connectivity index (χ0v) is 14.6. The Morgan fingerprint density at radius 2 is 2.00 bits per heavy atom. The summed E-state index contributed by atoms with van der Waals surface area (Å²) in [6.07, 6.45) is 8.19. The number of nitrogens with one attached hydrogen (secondary N) is 1. The molecule has 1 aromatic carbocycles. The predicted octanol–water partition coefficient (Wildman–Crippen LogP) is 3.70. The molecule has 5 rings (SSSR count). The second-order valence-corrected chi connectivity index (χ2v) is 7.54. The van der Waals surface area contributed by atoms with Gasteiger partial charge in [-0.15, -0.1) is 0 Å². The number of nitrogens with zero attached hydrogens (tertiary/aromatic N) is 3. The average Bonchev–Trinajstić information content (AvgIpc) is 3.28. The minimum Gasteiger partial charge on any atom is -0.334 e. The zero-order valence-electron chi connectivity index (χ0n) is 14.6. The highest BCUT2D eigenvalue weighted by Gasteiger charge is 2.46. The number of hydrogen-bond donors (Lipinski definition) is 1. The van der Waals surface area contributed by atoms with E-state index >= 15 is 0 Å². The van der Waals surface area contributed by atoms with Crippen molar-refractivity contribution in [3.05, 3.63) is 66.2 Å². The largest absolute Gasteiger partial charge is 0.334 e. The van der Waals surface area contributed by atoms with Crippen LogP contribution in [0.2, 0.25) is 0 Å². The number of hydrogen-bond acceptors (Lipinski definition) is 5. The molecule has 2 aliphatic rings. The number of pyridine rings is 1. The van der Waals surface area contributed by atoms with Crippen LogP contribution in [-0.2, 0) is 5.41 Å². The summed E-state index contributed by atoms with van der Waals surface area (Å²) >= 11 is 0. The van der Waals surface area contributed by atoms with Crippen LogP contribution in [0.1, 0.15) is 43.0 Å². The van der Waals surface area contributed by atoms with E-state index in [2.05, 4.69) is 45.8 Å². The van der Waals surface area contributed by atoms with Crippen LogP contribution in [-0.4, -0.2) is 27.7 Å². The van der Waals surface area contributed by atoms with Crippen LogP contribution < -0.4 is 5.32 Å². The SMILES string of the molecule is c1ccc(C2CC2NCC2(c3noc(-c4cccnc4)n3)CCC2)cc1. The first-order chi connectivity index (χ1) is 12.8. The Morgan fingerprint density at radius 1 is 1.12 bits per heavy atom. The van der Waals surface area contributed by atoms with Crippen molar-refractivity contribution in [1.82, 2.24) is 20.4 Å². The molecule has 0 spiro atoms. The van der Waals surface area contributed by atoms with E-state index in [-0.39, 0.29) is 5.41 Å². The highest BCUT2D eigenvalue weighted by Crippen LogP contribution is 2.45. The van der Waals surface area contributed by atoms with Gasteiger partial charge in [-0.3, -0.25) is 4.98 Å². The molecular weight excluding hydrogens is 324 g/mol. The molecule has 2 saturated carbocycles. The lowest BCUT2D eigenvalue weighted by molar-refractivity contribution is 0.211. The molecule has 0 aliphatic heterocycles. The minimum absolute atomic E-state index is 0.0216. The summed E-state index contributed by atoms with van der Waals surface area (Å²) in [6.45, 7) is 0.924. The number of rotatable bonds is 6. The summed E-state index contributed by atoms with van der Waals surface area (Å²) in [5.74, 6) is 2.05. The Kier molecular flexibility index (Phi) is 3.82. The van der Waals surface area contributed by atoms with Gasteiger partial charge in [-0.1, -0.05) is 41.9 Å². The van der Waals surface area contributed by atoms with E-state index in [0.29, 0.717) is 17.9 Å². The molecule has 2 aliphatic carbocycles. The maximum atomic E-state index is 5.52. The average molecular weight is 346 g/mol. The third-order valence-corrected chi connectivity index (χ3v) is 5.84. The molecule has 2 unspecified atom stereocenters. The molecule has 26 heavy (non-hydrogen) atoms. The molecule has 2 aromatic heterocycles. The molecule has 2 atom stereocenters. The zero-order chi connectivity index (χ0) is 17.4. The van der Waals surface area contributed by atoms with E-state index in [0.717, 1.165) is 30.8 Å². The monoisotopic (exact) mass is 346 g/mol. The lowest BCUT2D eigenvalue weighted by atomic mass is 9.68. The van der Waals surface area contributed by atoms with Crippen LogP contribution in [0.25, 0.3) is 11.5 Å². The van der Waals surface area contributed by atoms with E-state index in [1.165, 1.54) is 18.4 Å². The first-order valence-electron chi connectivity index (χ1n) is 9.37. The molecule has 0 saturated heterocycles. The molecule has 3 aromatic rings. The third-order valence-electron chi connectivity index (χ3n) is 5.84. The van der Waals surface area contributed by atoms with Crippen LogP contribution >= 0.6 is 0 Å². The third kappa shape index (κ3) is 2.82. The Morgan fingerprint density at radius 3 is 2.73 bits per heavy atom. The summed E-state index contributed by atoms with van der Waals surface area (Å²) in [4.78, 5) is 8.82. The lowest BCUT2D eigenvalue weighted by Crippen LogP contribution is -2.45. The molecule has 5 nitrogen and oxygen atoms in total. The van der Waals surface area contributed by atoms with E-state index in [9.17, 15) is 0 Å². The molecule has 2 fully saturated rings. The van der Waals surface area contributed by atoms with Gasteiger partial charge in [-0.2, -0.15) is 4.98 Å². The second kappa shape index (κ2) is 6.32. The van der Waals surface area contributed by atoms with Gasteiger partial charge in [0.2, 0.25) is 0 Å². The van der Waals surface area contributed by atoms with Crippen molar-refractivity contribution in [3.63, 3.8) is 0 Å².